The van der Waals surface area contributed by atoms with Gasteiger partial charge in [-0.05, 0) is 18.4 Å². The Hall–Kier alpha value is -1.31. The fourth-order valence-corrected chi connectivity index (χ4v) is 2.13. The SMILES string of the molecule is CCCC(CC)(OC(C)=O)c1ccccc1. The zero-order valence-corrected chi connectivity index (χ0v) is 10.3. The molecular weight excluding hydrogens is 200 g/mol. The third-order valence-electron chi connectivity index (χ3n) is 2.86. The number of benzene rings is 1. The number of hydrogen-bond donors (Lipinski definition) is 0. The zero-order valence-electron chi connectivity index (χ0n) is 10.3. The molecule has 16 heavy (non-hydrogen) atoms. The van der Waals surface area contributed by atoms with Crippen molar-refractivity contribution in [2.45, 2.75) is 45.6 Å². The summed E-state index contributed by atoms with van der Waals surface area (Å²) in [4.78, 5) is 11.2. The van der Waals surface area contributed by atoms with Crippen LogP contribution in [0.15, 0.2) is 30.3 Å². The Morgan fingerprint density at radius 2 is 1.88 bits per heavy atom. The van der Waals surface area contributed by atoms with Gasteiger partial charge >= 0.3 is 5.97 Å². The molecule has 0 heterocycles. The minimum Gasteiger partial charge on any atom is -0.454 e. The fourth-order valence-electron chi connectivity index (χ4n) is 2.13. The van der Waals surface area contributed by atoms with E-state index >= 15 is 0 Å². The van der Waals surface area contributed by atoms with E-state index in [-0.39, 0.29) is 5.97 Å². The average Bonchev–Trinajstić information content (AvgIpc) is 2.29. The minimum atomic E-state index is -0.443. The molecule has 1 unspecified atom stereocenters. The van der Waals surface area contributed by atoms with Gasteiger partial charge in [0.2, 0.25) is 0 Å². The molecule has 0 saturated heterocycles. The Kier molecular flexibility index (Phi) is 4.53. The van der Waals surface area contributed by atoms with Crippen LogP contribution >= 0.6 is 0 Å². The van der Waals surface area contributed by atoms with Crippen molar-refractivity contribution in [3.63, 3.8) is 0 Å². The fraction of sp³-hybridized carbons (Fsp3) is 0.500. The van der Waals surface area contributed by atoms with Gasteiger partial charge < -0.3 is 4.74 Å². The van der Waals surface area contributed by atoms with E-state index in [1.807, 2.05) is 30.3 Å². The molecule has 1 atom stereocenters. The van der Waals surface area contributed by atoms with Gasteiger partial charge in [0.25, 0.3) is 0 Å². The van der Waals surface area contributed by atoms with E-state index in [0.29, 0.717) is 0 Å². The summed E-state index contributed by atoms with van der Waals surface area (Å²) in [6.45, 7) is 5.64. The highest BCUT2D eigenvalue weighted by Gasteiger charge is 2.32. The predicted octanol–water partition coefficient (Wildman–Crippen LogP) is 3.66. The van der Waals surface area contributed by atoms with Crippen LogP contribution < -0.4 is 0 Å². The molecule has 0 spiro atoms. The minimum absolute atomic E-state index is 0.209. The van der Waals surface area contributed by atoms with Crippen LogP contribution in [-0.2, 0) is 15.1 Å². The third-order valence-corrected chi connectivity index (χ3v) is 2.86. The molecule has 0 fully saturated rings. The molecule has 0 bridgehead atoms. The van der Waals surface area contributed by atoms with Crippen molar-refractivity contribution < 1.29 is 9.53 Å². The molecule has 0 radical (unpaired) electrons. The van der Waals surface area contributed by atoms with Gasteiger partial charge in [0.05, 0.1) is 0 Å². The van der Waals surface area contributed by atoms with E-state index < -0.39 is 5.60 Å². The lowest BCUT2D eigenvalue weighted by Gasteiger charge is -2.32. The molecule has 1 rings (SSSR count). The maximum atomic E-state index is 11.2. The van der Waals surface area contributed by atoms with Crippen LogP contribution in [0, 0.1) is 0 Å². The number of rotatable bonds is 5. The van der Waals surface area contributed by atoms with Crippen molar-refractivity contribution in [1.82, 2.24) is 0 Å². The van der Waals surface area contributed by atoms with Gasteiger partial charge in [0, 0.05) is 6.92 Å². The van der Waals surface area contributed by atoms with E-state index in [2.05, 4.69) is 13.8 Å². The highest BCUT2D eigenvalue weighted by Crippen LogP contribution is 2.34. The third kappa shape index (κ3) is 2.84. The Bertz CT molecular complexity index is 332. The molecule has 0 saturated carbocycles. The zero-order chi connectivity index (χ0) is 12.0. The molecule has 2 nitrogen and oxygen atoms in total. The van der Waals surface area contributed by atoms with Gasteiger partial charge in [0.15, 0.2) is 0 Å². The second-order valence-corrected chi connectivity index (χ2v) is 4.06. The second-order valence-electron chi connectivity index (χ2n) is 4.06. The molecule has 88 valence electrons. The molecule has 1 aromatic rings. The van der Waals surface area contributed by atoms with Gasteiger partial charge in [0.1, 0.15) is 5.60 Å². The topological polar surface area (TPSA) is 26.3 Å². The van der Waals surface area contributed by atoms with Gasteiger partial charge in [-0.3, -0.25) is 4.79 Å². The van der Waals surface area contributed by atoms with E-state index in [1.165, 1.54) is 6.92 Å². The van der Waals surface area contributed by atoms with Crippen LogP contribution in [0.3, 0.4) is 0 Å². The van der Waals surface area contributed by atoms with Crippen LogP contribution in [0.4, 0.5) is 0 Å². The van der Waals surface area contributed by atoms with E-state index in [0.717, 1.165) is 24.8 Å². The molecule has 0 aliphatic rings. The Morgan fingerprint density at radius 3 is 2.31 bits per heavy atom. The average molecular weight is 220 g/mol. The number of hydrogen-bond acceptors (Lipinski definition) is 2. The van der Waals surface area contributed by atoms with Crippen molar-refractivity contribution in [1.29, 1.82) is 0 Å². The first-order valence-electron chi connectivity index (χ1n) is 5.89. The summed E-state index contributed by atoms with van der Waals surface area (Å²) < 4.78 is 5.57. The molecular formula is C14H20O2. The molecule has 0 aliphatic heterocycles. The van der Waals surface area contributed by atoms with Crippen molar-refractivity contribution in [2.75, 3.05) is 0 Å². The first-order chi connectivity index (χ1) is 7.64. The maximum absolute atomic E-state index is 11.2. The normalized spacial score (nSPS) is 14.2. The smallest absolute Gasteiger partial charge is 0.303 e. The van der Waals surface area contributed by atoms with Crippen LogP contribution in [0.1, 0.15) is 45.6 Å². The Labute approximate surface area is 97.6 Å². The number of ether oxygens (including phenoxy) is 1. The largest absolute Gasteiger partial charge is 0.454 e. The Balaban J connectivity index is 3.06. The van der Waals surface area contributed by atoms with Crippen molar-refractivity contribution >= 4 is 5.97 Å². The molecule has 0 N–H and O–H groups in total. The van der Waals surface area contributed by atoms with Gasteiger partial charge in [-0.15, -0.1) is 0 Å². The predicted molar refractivity (Wildman–Crippen MR) is 65.1 cm³/mol. The molecule has 0 amide bonds. The van der Waals surface area contributed by atoms with Crippen molar-refractivity contribution in [2.24, 2.45) is 0 Å². The molecule has 0 aromatic heterocycles. The summed E-state index contributed by atoms with van der Waals surface area (Å²) in [6, 6.07) is 10.0. The van der Waals surface area contributed by atoms with E-state index in [9.17, 15) is 4.79 Å². The second kappa shape index (κ2) is 5.69. The Morgan fingerprint density at radius 1 is 1.25 bits per heavy atom. The maximum Gasteiger partial charge on any atom is 0.303 e. The standard InChI is InChI=1S/C14H20O2/c1-4-11-14(5-2,16-12(3)15)13-9-7-6-8-10-13/h6-10H,4-5,11H2,1-3H3. The van der Waals surface area contributed by atoms with Crippen LogP contribution in [0.25, 0.3) is 0 Å². The van der Waals surface area contributed by atoms with Gasteiger partial charge in [-0.25, -0.2) is 0 Å². The highest BCUT2D eigenvalue weighted by atomic mass is 16.6. The summed E-state index contributed by atoms with van der Waals surface area (Å²) in [5, 5.41) is 0. The summed E-state index contributed by atoms with van der Waals surface area (Å²) in [7, 11) is 0. The van der Waals surface area contributed by atoms with Crippen molar-refractivity contribution in [3.8, 4) is 0 Å². The van der Waals surface area contributed by atoms with Crippen LogP contribution in [0.5, 0.6) is 0 Å². The van der Waals surface area contributed by atoms with Gasteiger partial charge in [-0.2, -0.15) is 0 Å². The molecule has 0 aliphatic carbocycles. The van der Waals surface area contributed by atoms with E-state index in [1.54, 1.807) is 0 Å². The quantitative estimate of drug-likeness (QED) is 0.708. The summed E-state index contributed by atoms with van der Waals surface area (Å²) in [5.41, 5.74) is 0.650. The lowest BCUT2D eigenvalue weighted by Crippen LogP contribution is -2.31. The highest BCUT2D eigenvalue weighted by molar-refractivity contribution is 5.66. The molecule has 1 aromatic carbocycles. The first kappa shape index (κ1) is 12.8. The molecule has 2 heteroatoms. The lowest BCUT2D eigenvalue weighted by molar-refractivity contribution is -0.159. The summed E-state index contributed by atoms with van der Waals surface area (Å²) in [6.07, 6.45) is 2.67. The van der Waals surface area contributed by atoms with Crippen molar-refractivity contribution in [3.05, 3.63) is 35.9 Å². The van der Waals surface area contributed by atoms with E-state index in [4.69, 9.17) is 4.74 Å². The first-order valence-corrected chi connectivity index (χ1v) is 5.89. The van der Waals surface area contributed by atoms with Crippen LogP contribution in [0.2, 0.25) is 0 Å². The van der Waals surface area contributed by atoms with Crippen LogP contribution in [-0.4, -0.2) is 5.97 Å². The number of carbonyl (C=O) groups excluding carboxylic acids is 1. The monoisotopic (exact) mass is 220 g/mol. The summed E-state index contributed by atoms with van der Waals surface area (Å²) in [5.74, 6) is -0.209. The number of esters is 1. The van der Waals surface area contributed by atoms with Gasteiger partial charge in [-0.1, -0.05) is 50.6 Å². The lowest BCUT2D eigenvalue weighted by atomic mass is 9.86. The number of carbonyl (C=O) groups is 1. The summed E-state index contributed by atoms with van der Waals surface area (Å²) >= 11 is 0.